The van der Waals surface area contributed by atoms with Gasteiger partial charge >= 0.3 is 0 Å². The van der Waals surface area contributed by atoms with Crippen LogP contribution in [0.3, 0.4) is 0 Å². The third kappa shape index (κ3) is 2.59. The van der Waals surface area contributed by atoms with Crippen LogP contribution in [0.4, 0.5) is 5.69 Å². The fraction of sp³-hybridized carbons (Fsp3) is 0.200. The first-order chi connectivity index (χ1) is 8.20. The summed E-state index contributed by atoms with van der Waals surface area (Å²) in [5, 5.41) is 11.3. The summed E-state index contributed by atoms with van der Waals surface area (Å²) in [7, 11) is 0. The summed E-state index contributed by atoms with van der Waals surface area (Å²) in [6.07, 6.45) is 0. The molecule has 0 aliphatic rings. The van der Waals surface area contributed by atoms with Crippen molar-refractivity contribution < 1.29 is 0 Å². The van der Waals surface area contributed by atoms with Crippen LogP contribution in [0, 0.1) is 6.92 Å². The second-order valence-electron chi connectivity index (χ2n) is 3.39. The standard InChI is InChI=1S/C10H11ClN6/c1-7-14-15-16-17(7)9-4-2-8(3-5-9)13-10(12)6-11/h2-5H,6H2,1H3,(H2,12,13). The van der Waals surface area contributed by atoms with E-state index in [1.54, 1.807) is 4.68 Å². The van der Waals surface area contributed by atoms with Crippen molar-refractivity contribution in [2.75, 3.05) is 5.88 Å². The highest BCUT2D eigenvalue weighted by Gasteiger charge is 2.02. The van der Waals surface area contributed by atoms with Gasteiger partial charge in [0.15, 0.2) is 5.82 Å². The van der Waals surface area contributed by atoms with Crippen molar-refractivity contribution in [1.29, 1.82) is 0 Å². The van der Waals surface area contributed by atoms with E-state index in [1.807, 2.05) is 31.2 Å². The van der Waals surface area contributed by atoms with Crippen LogP contribution in [0.2, 0.25) is 0 Å². The summed E-state index contributed by atoms with van der Waals surface area (Å²) in [4.78, 5) is 4.12. The zero-order valence-electron chi connectivity index (χ0n) is 9.21. The quantitative estimate of drug-likeness (QED) is 0.504. The predicted molar refractivity (Wildman–Crippen MR) is 65.9 cm³/mol. The number of hydrogen-bond acceptors (Lipinski definition) is 4. The summed E-state index contributed by atoms with van der Waals surface area (Å²) in [6.45, 7) is 1.83. The number of aliphatic imine (C=N–C) groups is 1. The highest BCUT2D eigenvalue weighted by atomic mass is 35.5. The van der Waals surface area contributed by atoms with Crippen LogP contribution in [-0.2, 0) is 0 Å². The molecule has 17 heavy (non-hydrogen) atoms. The summed E-state index contributed by atoms with van der Waals surface area (Å²) < 4.78 is 1.64. The molecule has 0 amide bonds. The molecule has 1 heterocycles. The highest BCUT2D eigenvalue weighted by molar-refractivity contribution is 6.28. The molecular weight excluding hydrogens is 240 g/mol. The molecule has 6 nitrogen and oxygen atoms in total. The van der Waals surface area contributed by atoms with Crippen LogP contribution in [0.5, 0.6) is 0 Å². The van der Waals surface area contributed by atoms with Crippen LogP contribution in [-0.4, -0.2) is 31.9 Å². The monoisotopic (exact) mass is 250 g/mol. The van der Waals surface area contributed by atoms with Crippen LogP contribution in [0.25, 0.3) is 5.69 Å². The second kappa shape index (κ2) is 4.92. The smallest absolute Gasteiger partial charge is 0.153 e. The fourth-order valence-electron chi connectivity index (χ4n) is 1.33. The third-order valence-electron chi connectivity index (χ3n) is 2.13. The van der Waals surface area contributed by atoms with Gasteiger partial charge in [-0.05, 0) is 41.6 Å². The van der Waals surface area contributed by atoms with Crippen molar-refractivity contribution in [3.05, 3.63) is 30.1 Å². The van der Waals surface area contributed by atoms with Crippen molar-refractivity contribution in [2.24, 2.45) is 10.7 Å². The molecule has 1 aromatic heterocycles. The lowest BCUT2D eigenvalue weighted by Crippen LogP contribution is -2.12. The first-order valence-electron chi connectivity index (χ1n) is 4.95. The number of amidine groups is 1. The Hall–Kier alpha value is -1.95. The van der Waals surface area contributed by atoms with Gasteiger partial charge in [0.25, 0.3) is 0 Å². The molecule has 0 aliphatic carbocycles. The Morgan fingerprint density at radius 2 is 2.12 bits per heavy atom. The van der Waals surface area contributed by atoms with Crippen LogP contribution < -0.4 is 5.73 Å². The molecule has 1 aromatic carbocycles. The van der Waals surface area contributed by atoms with Gasteiger partial charge < -0.3 is 5.73 Å². The molecule has 0 radical (unpaired) electrons. The van der Waals surface area contributed by atoms with E-state index in [0.29, 0.717) is 5.84 Å². The second-order valence-corrected chi connectivity index (χ2v) is 3.66. The van der Waals surface area contributed by atoms with Gasteiger partial charge in [-0.1, -0.05) is 0 Å². The molecule has 0 fully saturated rings. The zero-order chi connectivity index (χ0) is 12.3. The van der Waals surface area contributed by atoms with Crippen LogP contribution in [0.15, 0.2) is 29.3 Å². The molecule has 0 saturated carbocycles. The number of halogens is 1. The Bertz CT molecular complexity index is 530. The minimum Gasteiger partial charge on any atom is -0.386 e. The van der Waals surface area contributed by atoms with Gasteiger partial charge in [0.2, 0.25) is 0 Å². The van der Waals surface area contributed by atoms with Crippen molar-refractivity contribution in [1.82, 2.24) is 20.2 Å². The number of tetrazole rings is 1. The normalized spacial score (nSPS) is 11.8. The van der Waals surface area contributed by atoms with Gasteiger partial charge in [-0.3, -0.25) is 0 Å². The third-order valence-corrected chi connectivity index (χ3v) is 2.40. The number of alkyl halides is 1. The first kappa shape index (κ1) is 11.5. The number of nitrogens with two attached hydrogens (primary N) is 1. The predicted octanol–water partition coefficient (Wildman–Crippen LogP) is 1.20. The number of rotatable bonds is 3. The number of hydrogen-bond donors (Lipinski definition) is 1. The van der Waals surface area contributed by atoms with E-state index in [0.717, 1.165) is 17.2 Å². The maximum atomic E-state index is 5.55. The SMILES string of the molecule is Cc1nnnn1-c1ccc(N=C(N)CCl)cc1. The fourth-order valence-corrected chi connectivity index (χ4v) is 1.39. The average Bonchev–Trinajstić information content (AvgIpc) is 2.76. The van der Waals surface area contributed by atoms with Gasteiger partial charge in [-0.25, -0.2) is 4.99 Å². The van der Waals surface area contributed by atoms with Gasteiger partial charge in [0.1, 0.15) is 5.84 Å². The molecule has 7 heteroatoms. The molecule has 2 aromatic rings. The Morgan fingerprint density at radius 1 is 1.41 bits per heavy atom. The van der Waals surface area contributed by atoms with E-state index in [1.165, 1.54) is 0 Å². The molecular formula is C10H11ClN6. The van der Waals surface area contributed by atoms with E-state index in [9.17, 15) is 0 Å². The minimum atomic E-state index is 0.216. The summed E-state index contributed by atoms with van der Waals surface area (Å²) in [5.74, 6) is 1.33. The molecule has 0 atom stereocenters. The maximum absolute atomic E-state index is 5.55. The Morgan fingerprint density at radius 3 is 2.65 bits per heavy atom. The lowest BCUT2D eigenvalue weighted by molar-refractivity contribution is 0.779. The van der Waals surface area contributed by atoms with E-state index in [-0.39, 0.29) is 5.88 Å². The summed E-state index contributed by atoms with van der Waals surface area (Å²) >= 11 is 5.55. The first-order valence-corrected chi connectivity index (χ1v) is 5.48. The molecule has 2 N–H and O–H groups in total. The van der Waals surface area contributed by atoms with Gasteiger partial charge in [0.05, 0.1) is 17.3 Å². The molecule has 0 spiro atoms. The topological polar surface area (TPSA) is 82.0 Å². The molecule has 2 rings (SSSR count). The number of aryl methyl sites for hydroxylation is 1. The van der Waals surface area contributed by atoms with E-state index < -0.39 is 0 Å². The van der Waals surface area contributed by atoms with Crippen molar-refractivity contribution in [3.63, 3.8) is 0 Å². The molecule has 0 unspecified atom stereocenters. The van der Waals surface area contributed by atoms with Gasteiger partial charge in [0, 0.05) is 0 Å². The maximum Gasteiger partial charge on any atom is 0.153 e. The Labute approximate surface area is 103 Å². The van der Waals surface area contributed by atoms with E-state index >= 15 is 0 Å². The van der Waals surface area contributed by atoms with Crippen molar-refractivity contribution in [3.8, 4) is 5.69 Å². The number of aromatic nitrogens is 4. The molecule has 0 saturated heterocycles. The van der Waals surface area contributed by atoms with Crippen LogP contribution >= 0.6 is 11.6 Å². The highest BCUT2D eigenvalue weighted by Crippen LogP contribution is 2.15. The van der Waals surface area contributed by atoms with Crippen molar-refractivity contribution in [2.45, 2.75) is 6.92 Å². The lowest BCUT2D eigenvalue weighted by Gasteiger charge is -2.02. The van der Waals surface area contributed by atoms with Crippen molar-refractivity contribution >= 4 is 23.1 Å². The van der Waals surface area contributed by atoms with E-state index in [4.69, 9.17) is 17.3 Å². The number of benzene rings is 1. The lowest BCUT2D eigenvalue weighted by atomic mass is 10.3. The average molecular weight is 251 g/mol. The molecule has 0 bridgehead atoms. The van der Waals surface area contributed by atoms with Gasteiger partial charge in [-0.15, -0.1) is 16.7 Å². The largest absolute Gasteiger partial charge is 0.386 e. The summed E-state index contributed by atoms with van der Waals surface area (Å²) in [6, 6.07) is 7.39. The Kier molecular flexibility index (Phi) is 3.34. The number of nitrogens with zero attached hydrogens (tertiary/aromatic N) is 5. The minimum absolute atomic E-state index is 0.216. The molecule has 0 aliphatic heterocycles. The molecule has 88 valence electrons. The zero-order valence-corrected chi connectivity index (χ0v) is 9.96. The Balaban J connectivity index is 2.28. The van der Waals surface area contributed by atoms with Crippen LogP contribution in [0.1, 0.15) is 5.82 Å². The van der Waals surface area contributed by atoms with Gasteiger partial charge in [-0.2, -0.15) is 4.68 Å². The van der Waals surface area contributed by atoms with E-state index in [2.05, 4.69) is 20.5 Å². The summed E-state index contributed by atoms with van der Waals surface area (Å²) in [5.41, 5.74) is 7.16.